The van der Waals surface area contributed by atoms with Gasteiger partial charge in [0.1, 0.15) is 15.7 Å². The van der Waals surface area contributed by atoms with Gasteiger partial charge in [-0.25, -0.2) is 0 Å². The lowest BCUT2D eigenvalue weighted by atomic mass is 9.89. The van der Waals surface area contributed by atoms with E-state index in [2.05, 4.69) is 31.3 Å². The first kappa shape index (κ1) is 18.7. The molecule has 0 bridgehead atoms. The number of carbonyl (C=O) groups is 2. The molecule has 1 N–H and O–H groups in total. The van der Waals surface area contributed by atoms with Crippen LogP contribution in [0.5, 0.6) is 0 Å². The molecule has 0 saturated carbocycles. The van der Waals surface area contributed by atoms with Crippen LogP contribution in [0, 0.1) is 17.8 Å². The molecule has 2 aromatic rings. The van der Waals surface area contributed by atoms with Crippen LogP contribution in [0.25, 0.3) is 0 Å². The average molecular weight is 449 g/mol. The number of hydrogen-bond acceptors (Lipinski definition) is 4. The fourth-order valence-corrected chi connectivity index (χ4v) is 4.06. The fourth-order valence-electron chi connectivity index (χ4n) is 2.96. The van der Waals surface area contributed by atoms with Crippen molar-refractivity contribution in [3.8, 4) is 0 Å². The molecule has 1 aliphatic heterocycles. The van der Waals surface area contributed by atoms with Gasteiger partial charge in [-0.1, -0.05) is 11.6 Å². The molecule has 0 radical (unpaired) electrons. The molecule has 1 fully saturated rings. The second kappa shape index (κ2) is 6.92. The van der Waals surface area contributed by atoms with E-state index in [0.29, 0.717) is 10.2 Å². The van der Waals surface area contributed by atoms with Crippen molar-refractivity contribution in [3.63, 3.8) is 0 Å². The molecular formula is C15H13BrClF2N5O2. The van der Waals surface area contributed by atoms with E-state index in [1.807, 2.05) is 0 Å². The van der Waals surface area contributed by atoms with Crippen LogP contribution in [0.15, 0.2) is 16.7 Å². The van der Waals surface area contributed by atoms with Crippen molar-refractivity contribution in [3.05, 3.63) is 39.3 Å². The summed E-state index contributed by atoms with van der Waals surface area (Å²) in [7, 11) is 3.19. The van der Waals surface area contributed by atoms with Gasteiger partial charge in [-0.15, -0.1) is 0 Å². The third-order valence-corrected chi connectivity index (χ3v) is 5.24. The maximum atomic E-state index is 13.7. The number of amides is 2. The Bertz CT molecular complexity index is 906. The largest absolute Gasteiger partial charge is 0.344 e. The van der Waals surface area contributed by atoms with Gasteiger partial charge < -0.3 is 10.2 Å². The summed E-state index contributed by atoms with van der Waals surface area (Å²) in [5.74, 6) is -5.07. The average Bonchev–Trinajstić information content (AvgIpc) is 2.98. The van der Waals surface area contributed by atoms with Gasteiger partial charge in [-0.3, -0.25) is 14.3 Å². The predicted molar refractivity (Wildman–Crippen MR) is 92.6 cm³/mol. The van der Waals surface area contributed by atoms with E-state index in [9.17, 15) is 18.4 Å². The van der Waals surface area contributed by atoms with E-state index in [4.69, 9.17) is 11.6 Å². The normalized spacial score (nSPS) is 19.9. The molecule has 3 rings (SSSR count). The van der Waals surface area contributed by atoms with Crippen molar-refractivity contribution < 1.29 is 18.4 Å². The van der Waals surface area contributed by atoms with Crippen molar-refractivity contribution in [1.82, 2.24) is 19.7 Å². The quantitative estimate of drug-likeness (QED) is 0.577. The Kier molecular flexibility index (Phi) is 4.98. The maximum absolute atomic E-state index is 13.7. The summed E-state index contributed by atoms with van der Waals surface area (Å²) in [5.41, 5.74) is 0.207. The SMILES string of the molecule is CN1C[C@H](c2c(Br)nn(C)c2Cl)[C@@H](C(=O)Nc2ccc(F)nc2F)C1=O. The highest BCUT2D eigenvalue weighted by Gasteiger charge is 2.46. The van der Waals surface area contributed by atoms with E-state index in [1.165, 1.54) is 9.58 Å². The maximum Gasteiger partial charge on any atom is 0.239 e. The van der Waals surface area contributed by atoms with Crippen molar-refractivity contribution in [2.45, 2.75) is 5.92 Å². The number of rotatable bonds is 3. The molecular weight excluding hydrogens is 436 g/mol. The molecule has 0 aliphatic carbocycles. The molecule has 2 aromatic heterocycles. The summed E-state index contributed by atoms with van der Waals surface area (Å²) in [4.78, 5) is 29.6. The van der Waals surface area contributed by atoms with E-state index < -0.39 is 35.5 Å². The number of likely N-dealkylation sites (N-methyl/N-ethyl adjacent to an activating group) is 1. The molecule has 0 aromatic carbocycles. The minimum Gasteiger partial charge on any atom is -0.344 e. The molecule has 0 spiro atoms. The minimum atomic E-state index is -1.17. The topological polar surface area (TPSA) is 80.1 Å². The van der Waals surface area contributed by atoms with Gasteiger partial charge >= 0.3 is 0 Å². The number of aromatic nitrogens is 3. The smallest absolute Gasteiger partial charge is 0.239 e. The Morgan fingerprint density at radius 2 is 2.08 bits per heavy atom. The monoisotopic (exact) mass is 447 g/mol. The van der Waals surface area contributed by atoms with Crippen LogP contribution in [0.3, 0.4) is 0 Å². The van der Waals surface area contributed by atoms with Gasteiger partial charge in [0.25, 0.3) is 0 Å². The lowest BCUT2D eigenvalue weighted by Crippen LogP contribution is -2.33. The highest BCUT2D eigenvalue weighted by Crippen LogP contribution is 2.40. The Labute approximate surface area is 160 Å². The number of halogens is 4. The molecule has 0 unspecified atom stereocenters. The van der Waals surface area contributed by atoms with Crippen LogP contribution in [-0.2, 0) is 16.6 Å². The molecule has 26 heavy (non-hydrogen) atoms. The van der Waals surface area contributed by atoms with Crippen molar-refractivity contribution in [2.75, 3.05) is 18.9 Å². The molecule has 1 aliphatic rings. The fraction of sp³-hybridized carbons (Fsp3) is 0.333. The summed E-state index contributed by atoms with van der Waals surface area (Å²) in [6.45, 7) is 0.241. The zero-order valence-corrected chi connectivity index (χ0v) is 16.0. The van der Waals surface area contributed by atoms with E-state index >= 15 is 0 Å². The number of aryl methyl sites for hydroxylation is 1. The lowest BCUT2D eigenvalue weighted by molar-refractivity contribution is -0.135. The number of anilines is 1. The van der Waals surface area contributed by atoms with Gasteiger partial charge in [-0.05, 0) is 28.1 Å². The van der Waals surface area contributed by atoms with E-state index in [-0.39, 0.29) is 17.4 Å². The number of pyridine rings is 1. The third-order valence-electron chi connectivity index (χ3n) is 4.21. The molecule has 2 atom stereocenters. The molecule has 3 heterocycles. The molecule has 138 valence electrons. The molecule has 7 nitrogen and oxygen atoms in total. The summed E-state index contributed by atoms with van der Waals surface area (Å²) in [6, 6.07) is 1.95. The summed E-state index contributed by atoms with van der Waals surface area (Å²) in [6.07, 6.45) is 0. The second-order valence-electron chi connectivity index (χ2n) is 5.88. The Balaban J connectivity index is 1.94. The standard InChI is InChI=1S/C15H13BrClF2N5O2/c1-23-5-6(9-11(16)22-24(2)12(9)17)10(15(23)26)14(25)20-7-3-4-8(18)21-13(7)19/h3-4,6,10H,5H2,1-2H3,(H,20,25)/t6-,10+/m1/s1. The first-order valence-corrected chi connectivity index (χ1v) is 8.63. The van der Waals surface area contributed by atoms with Crippen LogP contribution in [0.1, 0.15) is 11.5 Å². The van der Waals surface area contributed by atoms with Gasteiger partial charge in [0.15, 0.2) is 0 Å². The van der Waals surface area contributed by atoms with E-state index in [0.717, 1.165) is 12.1 Å². The molecule has 2 amide bonds. The Morgan fingerprint density at radius 1 is 1.38 bits per heavy atom. The zero-order valence-electron chi connectivity index (χ0n) is 13.6. The number of hydrogen-bond donors (Lipinski definition) is 1. The minimum absolute atomic E-state index is 0.241. The first-order valence-electron chi connectivity index (χ1n) is 7.46. The number of nitrogens with zero attached hydrogens (tertiary/aromatic N) is 4. The van der Waals surface area contributed by atoms with Gasteiger partial charge in [0.05, 0.1) is 5.69 Å². The molecule has 11 heteroatoms. The van der Waals surface area contributed by atoms with Gasteiger partial charge in [0, 0.05) is 32.1 Å². The highest BCUT2D eigenvalue weighted by atomic mass is 79.9. The Hall–Kier alpha value is -2.07. The van der Waals surface area contributed by atoms with Crippen molar-refractivity contribution >= 4 is 45.0 Å². The van der Waals surface area contributed by atoms with Crippen LogP contribution in [0.4, 0.5) is 14.5 Å². The van der Waals surface area contributed by atoms with Crippen LogP contribution >= 0.6 is 27.5 Å². The van der Waals surface area contributed by atoms with Crippen molar-refractivity contribution in [1.29, 1.82) is 0 Å². The Morgan fingerprint density at radius 3 is 2.65 bits per heavy atom. The summed E-state index contributed by atoms with van der Waals surface area (Å²) < 4.78 is 28.5. The second-order valence-corrected chi connectivity index (χ2v) is 6.99. The van der Waals surface area contributed by atoms with Crippen LogP contribution in [-0.4, -0.2) is 45.1 Å². The summed E-state index contributed by atoms with van der Waals surface area (Å²) >= 11 is 9.55. The van der Waals surface area contributed by atoms with Crippen molar-refractivity contribution in [2.24, 2.45) is 13.0 Å². The summed E-state index contributed by atoms with van der Waals surface area (Å²) in [5, 5.41) is 6.72. The third kappa shape index (κ3) is 3.18. The van der Waals surface area contributed by atoms with Crippen LogP contribution < -0.4 is 5.32 Å². The van der Waals surface area contributed by atoms with Crippen LogP contribution in [0.2, 0.25) is 5.15 Å². The molecule has 1 saturated heterocycles. The predicted octanol–water partition coefficient (Wildman–Crippen LogP) is 2.32. The number of nitrogens with one attached hydrogen (secondary N) is 1. The number of carbonyl (C=O) groups excluding carboxylic acids is 2. The zero-order chi connectivity index (χ0) is 19.2. The first-order chi connectivity index (χ1) is 12.2. The lowest BCUT2D eigenvalue weighted by Gasteiger charge is -2.16. The van der Waals surface area contributed by atoms with E-state index in [1.54, 1.807) is 14.1 Å². The number of likely N-dealkylation sites (tertiary alicyclic amines) is 1. The van der Waals surface area contributed by atoms with Gasteiger partial charge in [0.2, 0.25) is 23.7 Å². The van der Waals surface area contributed by atoms with Gasteiger partial charge in [-0.2, -0.15) is 18.9 Å². The highest BCUT2D eigenvalue weighted by molar-refractivity contribution is 9.10.